The van der Waals surface area contributed by atoms with Crippen molar-refractivity contribution in [3.05, 3.63) is 29.8 Å². The van der Waals surface area contributed by atoms with Crippen molar-refractivity contribution in [1.82, 2.24) is 5.43 Å². The molecule has 102 valence electrons. The second-order valence-electron chi connectivity index (χ2n) is 5.70. The van der Waals surface area contributed by atoms with Crippen LogP contribution in [-0.4, -0.2) is 12.5 Å². The Labute approximate surface area is 113 Å². The van der Waals surface area contributed by atoms with E-state index >= 15 is 0 Å². The van der Waals surface area contributed by atoms with Gasteiger partial charge in [0.15, 0.2) is 0 Å². The minimum Gasteiger partial charge on any atom is -0.321 e. The Kier molecular flexibility index (Phi) is 3.19. The van der Waals surface area contributed by atoms with Gasteiger partial charge in [-0.15, -0.1) is 0 Å². The molecular weight excluding hydrogens is 238 g/mol. The number of hydrogen-bond donors (Lipinski definition) is 2. The van der Waals surface area contributed by atoms with Crippen LogP contribution in [0.5, 0.6) is 0 Å². The third-order valence-corrected chi connectivity index (χ3v) is 4.32. The molecular formula is C15H21N3O. The predicted octanol–water partition coefficient (Wildman–Crippen LogP) is 2.05. The van der Waals surface area contributed by atoms with E-state index in [0.29, 0.717) is 6.42 Å². The fraction of sp³-hybridized carbons (Fsp3) is 0.533. The summed E-state index contributed by atoms with van der Waals surface area (Å²) in [7, 11) is 0. The van der Waals surface area contributed by atoms with Gasteiger partial charge in [0.2, 0.25) is 5.91 Å². The van der Waals surface area contributed by atoms with Crippen molar-refractivity contribution in [3.63, 3.8) is 0 Å². The number of anilines is 1. The summed E-state index contributed by atoms with van der Waals surface area (Å²) in [5, 5.41) is 1.90. The molecule has 0 atom stereocenters. The van der Waals surface area contributed by atoms with Crippen LogP contribution < -0.4 is 16.2 Å². The molecule has 3 N–H and O–H groups in total. The smallest absolute Gasteiger partial charge is 0.240 e. The number of rotatable bonds is 2. The molecule has 1 aliphatic carbocycles. The largest absolute Gasteiger partial charge is 0.321 e. The van der Waals surface area contributed by atoms with Crippen molar-refractivity contribution in [2.45, 2.75) is 44.1 Å². The topological polar surface area (TPSA) is 58.4 Å². The summed E-state index contributed by atoms with van der Waals surface area (Å²) in [4.78, 5) is 11.2. The second kappa shape index (κ2) is 4.85. The number of hydrazine groups is 1. The van der Waals surface area contributed by atoms with Crippen LogP contribution in [0, 0.1) is 0 Å². The summed E-state index contributed by atoms with van der Waals surface area (Å²) in [6, 6.07) is 8.35. The lowest BCUT2D eigenvalue weighted by Crippen LogP contribution is -2.38. The monoisotopic (exact) mass is 259 g/mol. The van der Waals surface area contributed by atoms with Crippen LogP contribution in [0.25, 0.3) is 0 Å². The summed E-state index contributed by atoms with van der Waals surface area (Å²) in [6.07, 6.45) is 6.47. The standard InChI is InChI=1S/C15H21N3O/c16-15(9-2-1-3-10-15)12-4-6-13(7-5-12)18-11-8-14(19)17-18/h4-7H,1-3,8-11,16H2,(H,17,19). The molecule has 2 aliphatic rings. The maximum absolute atomic E-state index is 11.2. The molecule has 0 bridgehead atoms. The molecule has 1 aromatic rings. The van der Waals surface area contributed by atoms with Crippen LogP contribution in [0.4, 0.5) is 5.69 Å². The molecule has 19 heavy (non-hydrogen) atoms. The van der Waals surface area contributed by atoms with Crippen molar-refractivity contribution in [1.29, 1.82) is 0 Å². The van der Waals surface area contributed by atoms with Gasteiger partial charge >= 0.3 is 0 Å². The molecule has 1 amide bonds. The van der Waals surface area contributed by atoms with Crippen LogP contribution in [0.2, 0.25) is 0 Å². The predicted molar refractivity (Wildman–Crippen MR) is 75.5 cm³/mol. The second-order valence-corrected chi connectivity index (χ2v) is 5.70. The zero-order valence-electron chi connectivity index (χ0n) is 11.2. The van der Waals surface area contributed by atoms with E-state index < -0.39 is 0 Å². The van der Waals surface area contributed by atoms with Crippen LogP contribution in [0.1, 0.15) is 44.1 Å². The summed E-state index contributed by atoms with van der Waals surface area (Å²) in [5.74, 6) is 0.0895. The minimum absolute atomic E-state index is 0.0895. The SMILES string of the molecule is NC1(c2ccc(N3CCC(=O)N3)cc2)CCCCC1. The van der Waals surface area contributed by atoms with Crippen molar-refractivity contribution in [2.24, 2.45) is 5.73 Å². The zero-order valence-corrected chi connectivity index (χ0v) is 11.2. The lowest BCUT2D eigenvalue weighted by atomic mass is 9.77. The first-order valence-corrected chi connectivity index (χ1v) is 7.14. The van der Waals surface area contributed by atoms with E-state index in [1.54, 1.807) is 0 Å². The Balaban J connectivity index is 1.76. The number of amides is 1. The number of benzene rings is 1. The Morgan fingerprint density at radius 2 is 1.79 bits per heavy atom. The van der Waals surface area contributed by atoms with Gasteiger partial charge in [0.25, 0.3) is 0 Å². The quantitative estimate of drug-likeness (QED) is 0.854. The van der Waals surface area contributed by atoms with Gasteiger partial charge in [0.1, 0.15) is 0 Å². The normalized spacial score (nSPS) is 22.4. The van der Waals surface area contributed by atoms with Crippen molar-refractivity contribution in [2.75, 3.05) is 11.6 Å². The lowest BCUT2D eigenvalue weighted by molar-refractivity contribution is -0.119. The van der Waals surface area contributed by atoms with Crippen molar-refractivity contribution >= 4 is 11.6 Å². The number of carbonyl (C=O) groups excluding carboxylic acids is 1. The Hall–Kier alpha value is -1.55. The third-order valence-electron chi connectivity index (χ3n) is 4.32. The van der Waals surface area contributed by atoms with E-state index in [9.17, 15) is 4.79 Å². The molecule has 4 nitrogen and oxygen atoms in total. The number of carbonyl (C=O) groups is 1. The van der Waals surface area contributed by atoms with Crippen molar-refractivity contribution < 1.29 is 4.79 Å². The van der Waals surface area contributed by atoms with Crippen LogP contribution >= 0.6 is 0 Å². The number of hydrogen-bond acceptors (Lipinski definition) is 3. The average Bonchev–Trinajstić information content (AvgIpc) is 2.87. The van der Waals surface area contributed by atoms with E-state index in [2.05, 4.69) is 29.7 Å². The fourth-order valence-corrected chi connectivity index (χ4v) is 3.11. The lowest BCUT2D eigenvalue weighted by Gasteiger charge is -2.34. The molecule has 2 fully saturated rings. The zero-order chi connectivity index (χ0) is 13.3. The number of nitrogens with two attached hydrogens (primary N) is 1. The van der Waals surface area contributed by atoms with Gasteiger partial charge in [-0.1, -0.05) is 31.4 Å². The first-order valence-electron chi connectivity index (χ1n) is 7.14. The number of nitrogens with one attached hydrogen (secondary N) is 1. The van der Waals surface area contributed by atoms with E-state index in [-0.39, 0.29) is 11.4 Å². The van der Waals surface area contributed by atoms with E-state index in [4.69, 9.17) is 5.73 Å². The summed E-state index contributed by atoms with van der Waals surface area (Å²) in [5.41, 5.74) is 11.5. The molecule has 1 saturated carbocycles. The Bertz CT molecular complexity index is 463. The first kappa shape index (κ1) is 12.5. The van der Waals surface area contributed by atoms with Crippen LogP contribution in [-0.2, 0) is 10.3 Å². The highest BCUT2D eigenvalue weighted by Crippen LogP contribution is 2.35. The van der Waals surface area contributed by atoms with Gasteiger partial charge in [-0.2, -0.15) is 0 Å². The summed E-state index contributed by atoms with van der Waals surface area (Å²) < 4.78 is 0. The molecule has 0 spiro atoms. The fourth-order valence-electron chi connectivity index (χ4n) is 3.11. The van der Waals surface area contributed by atoms with Gasteiger partial charge in [0.05, 0.1) is 5.69 Å². The minimum atomic E-state index is -0.148. The van der Waals surface area contributed by atoms with E-state index in [0.717, 1.165) is 25.1 Å². The third kappa shape index (κ3) is 2.45. The van der Waals surface area contributed by atoms with Gasteiger partial charge in [-0.05, 0) is 30.5 Å². The molecule has 0 radical (unpaired) electrons. The molecule has 1 heterocycles. The Morgan fingerprint density at radius 3 is 2.37 bits per heavy atom. The van der Waals surface area contributed by atoms with Gasteiger partial charge < -0.3 is 5.73 Å². The summed E-state index contributed by atoms with van der Waals surface area (Å²) >= 11 is 0. The molecule has 4 heteroatoms. The maximum atomic E-state index is 11.2. The van der Waals surface area contributed by atoms with E-state index in [1.807, 2.05) is 5.01 Å². The van der Waals surface area contributed by atoms with Gasteiger partial charge in [-0.25, -0.2) is 0 Å². The molecule has 0 aromatic heterocycles. The molecule has 0 unspecified atom stereocenters. The first-order chi connectivity index (χ1) is 9.17. The maximum Gasteiger partial charge on any atom is 0.240 e. The van der Waals surface area contributed by atoms with Crippen LogP contribution in [0.3, 0.4) is 0 Å². The van der Waals surface area contributed by atoms with E-state index in [1.165, 1.54) is 24.8 Å². The van der Waals surface area contributed by atoms with Crippen LogP contribution in [0.15, 0.2) is 24.3 Å². The van der Waals surface area contributed by atoms with Gasteiger partial charge in [0, 0.05) is 18.5 Å². The molecule has 1 saturated heterocycles. The highest BCUT2D eigenvalue weighted by atomic mass is 16.2. The van der Waals surface area contributed by atoms with Crippen molar-refractivity contribution in [3.8, 4) is 0 Å². The molecule has 1 aliphatic heterocycles. The van der Waals surface area contributed by atoms with Gasteiger partial charge in [-0.3, -0.25) is 15.2 Å². The number of nitrogens with zero attached hydrogens (tertiary/aromatic N) is 1. The molecule has 3 rings (SSSR count). The Morgan fingerprint density at radius 1 is 1.11 bits per heavy atom. The highest BCUT2D eigenvalue weighted by molar-refractivity contribution is 5.81. The average molecular weight is 259 g/mol. The summed E-state index contributed by atoms with van der Waals surface area (Å²) in [6.45, 7) is 0.742. The highest BCUT2D eigenvalue weighted by Gasteiger charge is 2.29. The molecule has 1 aromatic carbocycles.